The normalized spacial score (nSPS) is 50.0. The van der Waals surface area contributed by atoms with Crippen LogP contribution in [0.2, 0.25) is 0 Å². The Morgan fingerprint density at radius 3 is 2.60 bits per heavy atom. The van der Waals surface area contributed by atoms with Crippen LogP contribution >= 0.6 is 0 Å². The molecule has 1 aliphatic heterocycles. The second-order valence-corrected chi connectivity index (χ2v) is 7.24. The molecule has 3 N–H and O–H groups in total. The number of fused-ring (bicyclic) bond motifs is 3. The van der Waals surface area contributed by atoms with Crippen molar-refractivity contribution in [3.8, 4) is 0 Å². The Bertz CT molecular complexity index is 496. The average molecular weight is 282 g/mol. The molecule has 112 valence electrons. The predicted octanol–water partition coefficient (Wildman–Crippen LogP) is 0.379. The van der Waals surface area contributed by atoms with Crippen molar-refractivity contribution in [1.29, 1.82) is 0 Å². The molecule has 0 aromatic rings. The number of esters is 1. The van der Waals surface area contributed by atoms with Crippen molar-refractivity contribution in [3.05, 3.63) is 11.6 Å². The Morgan fingerprint density at radius 2 is 1.95 bits per heavy atom. The SMILES string of the molecule is CC1(C)C(O)CCC2(C)C1C(O)C=C1COC(=O)C12O. The van der Waals surface area contributed by atoms with E-state index in [0.717, 1.165) is 0 Å². The highest BCUT2D eigenvalue weighted by Gasteiger charge is 2.69. The van der Waals surface area contributed by atoms with Crippen molar-refractivity contribution in [2.45, 2.75) is 51.4 Å². The van der Waals surface area contributed by atoms with E-state index in [1.54, 1.807) is 0 Å². The highest BCUT2D eigenvalue weighted by Crippen LogP contribution is 2.62. The summed E-state index contributed by atoms with van der Waals surface area (Å²) in [5.41, 5.74) is -2.63. The van der Waals surface area contributed by atoms with E-state index in [9.17, 15) is 20.1 Å². The highest BCUT2D eigenvalue weighted by molar-refractivity contribution is 5.88. The van der Waals surface area contributed by atoms with E-state index in [2.05, 4.69) is 0 Å². The average Bonchev–Trinajstić information content (AvgIpc) is 2.64. The van der Waals surface area contributed by atoms with Crippen LogP contribution in [0.5, 0.6) is 0 Å². The van der Waals surface area contributed by atoms with Crippen LogP contribution in [-0.4, -0.2) is 45.7 Å². The first-order valence-corrected chi connectivity index (χ1v) is 7.12. The second-order valence-electron chi connectivity index (χ2n) is 7.24. The van der Waals surface area contributed by atoms with Gasteiger partial charge in [-0.05, 0) is 24.3 Å². The lowest BCUT2D eigenvalue weighted by molar-refractivity contribution is -0.206. The topological polar surface area (TPSA) is 87.0 Å². The Labute approximate surface area is 118 Å². The van der Waals surface area contributed by atoms with Crippen molar-refractivity contribution in [2.24, 2.45) is 16.7 Å². The lowest BCUT2D eigenvalue weighted by Gasteiger charge is -2.60. The molecule has 3 aliphatic rings. The Hall–Kier alpha value is -0.910. The summed E-state index contributed by atoms with van der Waals surface area (Å²) >= 11 is 0. The molecule has 3 rings (SSSR count). The first-order valence-electron chi connectivity index (χ1n) is 7.12. The largest absolute Gasteiger partial charge is 0.459 e. The molecule has 5 unspecified atom stereocenters. The number of aliphatic hydroxyl groups excluding tert-OH is 2. The number of carbonyl (C=O) groups is 1. The van der Waals surface area contributed by atoms with E-state index >= 15 is 0 Å². The standard InChI is InChI=1S/C15H22O5/c1-13(2)10(17)4-5-14(3)11(13)9(16)6-8-7-20-12(18)15(8,14)19/h6,9-11,16-17,19H,4-5,7H2,1-3H3. The Morgan fingerprint density at radius 1 is 1.30 bits per heavy atom. The molecule has 0 aromatic heterocycles. The highest BCUT2D eigenvalue weighted by atomic mass is 16.6. The van der Waals surface area contributed by atoms with Gasteiger partial charge in [-0.25, -0.2) is 4.79 Å². The van der Waals surface area contributed by atoms with E-state index in [1.807, 2.05) is 20.8 Å². The molecule has 5 nitrogen and oxygen atoms in total. The van der Waals surface area contributed by atoms with Gasteiger partial charge in [0.15, 0.2) is 5.60 Å². The van der Waals surface area contributed by atoms with Gasteiger partial charge in [0.05, 0.1) is 12.2 Å². The smallest absolute Gasteiger partial charge is 0.343 e. The van der Waals surface area contributed by atoms with Crippen LogP contribution in [0, 0.1) is 16.7 Å². The summed E-state index contributed by atoms with van der Waals surface area (Å²) in [6, 6.07) is 0. The van der Waals surface area contributed by atoms with Gasteiger partial charge >= 0.3 is 5.97 Å². The maximum Gasteiger partial charge on any atom is 0.343 e. The number of ether oxygens (including phenoxy) is 1. The molecule has 2 fully saturated rings. The molecule has 5 heteroatoms. The van der Waals surface area contributed by atoms with Crippen LogP contribution in [0.3, 0.4) is 0 Å². The second kappa shape index (κ2) is 3.84. The number of hydrogen-bond donors (Lipinski definition) is 3. The molecular formula is C15H22O5. The molecule has 1 heterocycles. The summed E-state index contributed by atoms with van der Waals surface area (Å²) < 4.78 is 5.03. The molecule has 0 amide bonds. The minimum Gasteiger partial charge on any atom is -0.459 e. The van der Waals surface area contributed by atoms with E-state index in [1.165, 1.54) is 6.08 Å². The van der Waals surface area contributed by atoms with E-state index in [0.29, 0.717) is 18.4 Å². The molecular weight excluding hydrogens is 260 g/mol. The minimum absolute atomic E-state index is 0.0394. The van der Waals surface area contributed by atoms with Gasteiger partial charge in [-0.3, -0.25) is 0 Å². The van der Waals surface area contributed by atoms with Crippen molar-refractivity contribution >= 4 is 5.97 Å². The zero-order chi connectivity index (χ0) is 14.9. The van der Waals surface area contributed by atoms with E-state index in [4.69, 9.17) is 4.74 Å². The fraction of sp³-hybridized carbons (Fsp3) is 0.800. The molecule has 0 radical (unpaired) electrons. The first-order chi connectivity index (χ1) is 9.15. The monoisotopic (exact) mass is 282 g/mol. The zero-order valence-corrected chi connectivity index (χ0v) is 12.1. The minimum atomic E-state index is -1.67. The lowest BCUT2D eigenvalue weighted by atomic mass is 9.46. The van der Waals surface area contributed by atoms with Gasteiger partial charge in [-0.15, -0.1) is 0 Å². The molecule has 20 heavy (non-hydrogen) atoms. The van der Waals surface area contributed by atoms with E-state index in [-0.39, 0.29) is 6.61 Å². The van der Waals surface area contributed by atoms with Gasteiger partial charge in [-0.1, -0.05) is 20.8 Å². The fourth-order valence-corrected chi connectivity index (χ4v) is 4.77. The van der Waals surface area contributed by atoms with Crippen LogP contribution < -0.4 is 0 Å². The molecule has 5 atom stereocenters. The third-order valence-electron chi connectivity index (χ3n) is 5.94. The van der Waals surface area contributed by atoms with Gasteiger partial charge in [0, 0.05) is 16.9 Å². The van der Waals surface area contributed by atoms with Gasteiger partial charge in [0.2, 0.25) is 0 Å². The fourth-order valence-electron chi connectivity index (χ4n) is 4.77. The number of rotatable bonds is 0. The third kappa shape index (κ3) is 1.36. The molecule has 1 saturated heterocycles. The quantitative estimate of drug-likeness (QED) is 0.441. The van der Waals surface area contributed by atoms with Crippen molar-refractivity contribution in [3.63, 3.8) is 0 Å². The van der Waals surface area contributed by atoms with Crippen LogP contribution in [-0.2, 0) is 9.53 Å². The van der Waals surface area contributed by atoms with Gasteiger partial charge in [-0.2, -0.15) is 0 Å². The van der Waals surface area contributed by atoms with Gasteiger partial charge in [0.25, 0.3) is 0 Å². The summed E-state index contributed by atoms with van der Waals surface area (Å²) in [4.78, 5) is 12.1. The summed E-state index contributed by atoms with van der Waals surface area (Å²) in [5, 5.41) is 31.8. The van der Waals surface area contributed by atoms with Gasteiger partial charge < -0.3 is 20.1 Å². The van der Waals surface area contributed by atoms with Crippen molar-refractivity contribution in [2.75, 3.05) is 6.61 Å². The molecule has 0 spiro atoms. The number of cyclic esters (lactones) is 1. The molecule has 2 aliphatic carbocycles. The zero-order valence-electron chi connectivity index (χ0n) is 12.1. The van der Waals surface area contributed by atoms with Crippen LogP contribution in [0.15, 0.2) is 11.6 Å². The third-order valence-corrected chi connectivity index (χ3v) is 5.94. The van der Waals surface area contributed by atoms with Crippen molar-refractivity contribution < 1.29 is 24.9 Å². The van der Waals surface area contributed by atoms with E-state index < -0.39 is 40.5 Å². The molecule has 1 saturated carbocycles. The maximum atomic E-state index is 12.1. The maximum absolute atomic E-state index is 12.1. The summed E-state index contributed by atoms with van der Waals surface area (Å²) in [6.07, 6.45) is 1.15. The summed E-state index contributed by atoms with van der Waals surface area (Å²) in [5.74, 6) is -1.03. The number of aliphatic hydroxyl groups is 3. The van der Waals surface area contributed by atoms with Crippen LogP contribution in [0.4, 0.5) is 0 Å². The Kier molecular flexibility index (Phi) is 2.70. The lowest BCUT2D eigenvalue weighted by Crippen LogP contribution is -2.66. The number of hydrogen-bond acceptors (Lipinski definition) is 5. The van der Waals surface area contributed by atoms with Crippen molar-refractivity contribution in [1.82, 2.24) is 0 Å². The molecule has 0 bridgehead atoms. The van der Waals surface area contributed by atoms with Gasteiger partial charge in [0.1, 0.15) is 6.61 Å². The number of carbonyl (C=O) groups excluding carboxylic acids is 1. The van der Waals surface area contributed by atoms with Crippen LogP contribution in [0.1, 0.15) is 33.6 Å². The summed E-state index contributed by atoms with van der Waals surface area (Å²) in [6.45, 7) is 5.63. The first kappa shape index (κ1) is 14.0. The molecule has 0 aromatic carbocycles. The van der Waals surface area contributed by atoms with Crippen LogP contribution in [0.25, 0.3) is 0 Å². The Balaban J connectivity index is 2.20. The summed E-state index contributed by atoms with van der Waals surface area (Å²) in [7, 11) is 0. The predicted molar refractivity (Wildman–Crippen MR) is 70.6 cm³/mol.